The first-order valence-corrected chi connectivity index (χ1v) is 2.67. The Balaban J connectivity index is 2.29. The molecule has 0 heteroatoms. The summed E-state index contributed by atoms with van der Waals surface area (Å²) in [6, 6.07) is 0. The van der Waals surface area contributed by atoms with Crippen molar-refractivity contribution in [2.24, 2.45) is 11.8 Å². The molecule has 0 aromatic rings. The Morgan fingerprint density at radius 1 is 1.14 bits per heavy atom. The minimum absolute atomic E-state index is 0.778. The van der Waals surface area contributed by atoms with E-state index in [1.807, 2.05) is 0 Å². The molecule has 34 valence electrons. The lowest BCUT2D eigenvalue weighted by Crippen LogP contribution is -2.10. The summed E-state index contributed by atoms with van der Waals surface area (Å²) in [6.07, 6.45) is 11.1. The van der Waals surface area contributed by atoms with Gasteiger partial charge in [-0.15, -0.1) is 0 Å². The summed E-state index contributed by atoms with van der Waals surface area (Å²) in [5.74, 6) is 1.56. The SMILES string of the molecule is C1=CC2C=CC2[CH+]1. The highest BCUT2D eigenvalue weighted by molar-refractivity contribution is 5.29. The van der Waals surface area contributed by atoms with Crippen LogP contribution in [-0.4, -0.2) is 0 Å². The lowest BCUT2D eigenvalue weighted by atomic mass is 9.85. The molecule has 0 aromatic heterocycles. The molecule has 7 heavy (non-hydrogen) atoms. The summed E-state index contributed by atoms with van der Waals surface area (Å²) in [5.41, 5.74) is 0. The van der Waals surface area contributed by atoms with Crippen LogP contribution >= 0.6 is 0 Å². The van der Waals surface area contributed by atoms with Gasteiger partial charge in [-0.3, -0.25) is 0 Å². The molecule has 0 saturated carbocycles. The number of hydrogen-bond acceptors (Lipinski definition) is 0. The van der Waals surface area contributed by atoms with Gasteiger partial charge >= 0.3 is 0 Å². The van der Waals surface area contributed by atoms with E-state index in [2.05, 4.69) is 30.7 Å². The smallest absolute Gasteiger partial charge is 0.0571 e. The van der Waals surface area contributed by atoms with Crippen LogP contribution in [0.5, 0.6) is 0 Å². The second kappa shape index (κ2) is 0.945. The zero-order valence-electron chi connectivity index (χ0n) is 4.04. The maximum atomic E-state index is 2.24. The van der Waals surface area contributed by atoms with E-state index in [0.29, 0.717) is 0 Å². The van der Waals surface area contributed by atoms with Crippen LogP contribution in [0.1, 0.15) is 0 Å². The van der Waals surface area contributed by atoms with E-state index in [-0.39, 0.29) is 0 Å². The average Bonchev–Trinajstić information content (AvgIpc) is 1.85. The number of allylic oxidation sites excluding steroid dienone is 4. The van der Waals surface area contributed by atoms with Gasteiger partial charge in [0.2, 0.25) is 0 Å². The maximum Gasteiger partial charge on any atom is 0.0908 e. The largest absolute Gasteiger partial charge is 0.0908 e. The van der Waals surface area contributed by atoms with E-state index in [9.17, 15) is 0 Å². The maximum absolute atomic E-state index is 2.24. The monoisotopic (exact) mass is 91.1 g/mol. The number of hydrogen-bond donors (Lipinski definition) is 0. The highest BCUT2D eigenvalue weighted by atomic mass is 14.3. The molecule has 2 atom stereocenters. The van der Waals surface area contributed by atoms with Gasteiger partial charge in [0, 0.05) is 0 Å². The van der Waals surface area contributed by atoms with Gasteiger partial charge in [-0.2, -0.15) is 0 Å². The lowest BCUT2D eigenvalue weighted by Gasteiger charge is -2.12. The molecule has 0 bridgehead atoms. The van der Waals surface area contributed by atoms with Gasteiger partial charge in [-0.05, 0) is 0 Å². The van der Waals surface area contributed by atoms with Crippen molar-refractivity contribution in [1.29, 1.82) is 0 Å². The second-order valence-electron chi connectivity index (χ2n) is 2.12. The van der Waals surface area contributed by atoms with Crippen molar-refractivity contribution in [1.82, 2.24) is 0 Å². The van der Waals surface area contributed by atoms with Gasteiger partial charge in [-0.1, -0.05) is 12.2 Å². The van der Waals surface area contributed by atoms with Crippen molar-refractivity contribution in [3.63, 3.8) is 0 Å². The Hall–Kier alpha value is -0.650. The summed E-state index contributed by atoms with van der Waals surface area (Å²) in [7, 11) is 0. The van der Waals surface area contributed by atoms with Gasteiger partial charge in [0.15, 0.2) is 0 Å². The van der Waals surface area contributed by atoms with Crippen molar-refractivity contribution in [2.75, 3.05) is 0 Å². The van der Waals surface area contributed by atoms with Gasteiger partial charge in [-0.25, -0.2) is 0 Å². The van der Waals surface area contributed by atoms with Crippen LogP contribution in [-0.2, 0) is 0 Å². The molecule has 0 radical (unpaired) electrons. The molecule has 0 aromatic carbocycles. The highest BCUT2D eigenvalue weighted by Crippen LogP contribution is 2.33. The summed E-state index contributed by atoms with van der Waals surface area (Å²) in [6.45, 7) is 0. The molecular weight excluding hydrogens is 84.1 g/mol. The molecule has 0 spiro atoms. The fraction of sp³-hybridized carbons (Fsp3) is 0.286. The highest BCUT2D eigenvalue weighted by Gasteiger charge is 2.32. The summed E-state index contributed by atoms with van der Waals surface area (Å²) < 4.78 is 0. The Morgan fingerprint density at radius 2 is 2.14 bits per heavy atom. The molecule has 0 aliphatic heterocycles. The Labute approximate surface area is 43.5 Å². The molecule has 2 aliphatic rings. The third-order valence-corrected chi connectivity index (χ3v) is 1.67. The van der Waals surface area contributed by atoms with Crippen LogP contribution < -0.4 is 0 Å². The Bertz CT molecular complexity index is 131. The predicted molar refractivity (Wildman–Crippen MR) is 29.6 cm³/mol. The first-order chi connectivity index (χ1) is 3.47. The van der Waals surface area contributed by atoms with E-state index < -0.39 is 0 Å². The number of rotatable bonds is 0. The standard InChI is InChI=1S/C7H7/c1-2-6-4-5-7(6)3-1/h1-7H/q+1. The molecule has 0 saturated heterocycles. The van der Waals surface area contributed by atoms with Crippen molar-refractivity contribution in [2.45, 2.75) is 0 Å². The predicted octanol–water partition coefficient (Wildman–Crippen LogP) is 1.56. The minimum atomic E-state index is 0.778. The van der Waals surface area contributed by atoms with E-state index in [0.717, 1.165) is 11.8 Å². The van der Waals surface area contributed by atoms with Crippen LogP contribution in [0.2, 0.25) is 0 Å². The normalized spacial score (nSPS) is 42.3. The first-order valence-electron chi connectivity index (χ1n) is 2.67. The first kappa shape index (κ1) is 3.36. The zero-order valence-corrected chi connectivity index (χ0v) is 4.04. The zero-order chi connectivity index (χ0) is 4.69. The Kier molecular flexibility index (Phi) is 0.454. The van der Waals surface area contributed by atoms with Gasteiger partial charge in [0.05, 0.1) is 30.4 Å². The van der Waals surface area contributed by atoms with E-state index in [1.54, 1.807) is 0 Å². The van der Waals surface area contributed by atoms with Gasteiger partial charge < -0.3 is 0 Å². The molecule has 2 unspecified atom stereocenters. The number of fused-ring (bicyclic) bond motifs is 1. The van der Waals surface area contributed by atoms with E-state index >= 15 is 0 Å². The Morgan fingerprint density at radius 3 is 2.43 bits per heavy atom. The molecule has 0 amide bonds. The van der Waals surface area contributed by atoms with Crippen LogP contribution in [0.4, 0.5) is 0 Å². The van der Waals surface area contributed by atoms with Crippen molar-refractivity contribution in [3.8, 4) is 0 Å². The molecular formula is C7H7+. The third kappa shape index (κ3) is 0.292. The van der Waals surface area contributed by atoms with Crippen molar-refractivity contribution in [3.05, 3.63) is 30.7 Å². The fourth-order valence-electron chi connectivity index (χ4n) is 1.07. The lowest BCUT2D eigenvalue weighted by molar-refractivity contribution is 0.612. The fourth-order valence-corrected chi connectivity index (χ4v) is 1.07. The molecule has 0 heterocycles. The van der Waals surface area contributed by atoms with E-state index in [1.165, 1.54) is 0 Å². The molecule has 2 aliphatic carbocycles. The summed E-state index contributed by atoms with van der Waals surface area (Å²) in [5, 5.41) is 0. The van der Waals surface area contributed by atoms with Crippen LogP contribution in [0, 0.1) is 18.3 Å². The van der Waals surface area contributed by atoms with Crippen LogP contribution in [0.3, 0.4) is 0 Å². The van der Waals surface area contributed by atoms with Crippen LogP contribution in [0.15, 0.2) is 24.3 Å². The van der Waals surface area contributed by atoms with Gasteiger partial charge in [0.25, 0.3) is 0 Å². The van der Waals surface area contributed by atoms with Gasteiger partial charge in [0.1, 0.15) is 0 Å². The van der Waals surface area contributed by atoms with E-state index in [4.69, 9.17) is 0 Å². The van der Waals surface area contributed by atoms with Crippen LogP contribution in [0.25, 0.3) is 0 Å². The second-order valence-corrected chi connectivity index (χ2v) is 2.12. The average molecular weight is 91.1 g/mol. The summed E-state index contributed by atoms with van der Waals surface area (Å²) >= 11 is 0. The summed E-state index contributed by atoms with van der Waals surface area (Å²) in [4.78, 5) is 0. The minimum Gasteiger partial charge on any atom is -0.0571 e. The quantitative estimate of drug-likeness (QED) is 0.313. The molecule has 2 rings (SSSR count). The van der Waals surface area contributed by atoms with Crippen molar-refractivity contribution >= 4 is 0 Å². The van der Waals surface area contributed by atoms with Crippen molar-refractivity contribution < 1.29 is 0 Å². The molecule has 0 N–H and O–H groups in total. The third-order valence-electron chi connectivity index (χ3n) is 1.67. The molecule has 0 nitrogen and oxygen atoms in total. The topological polar surface area (TPSA) is 0 Å². The molecule has 0 fully saturated rings.